The molecule has 0 amide bonds. The molecule has 1 N–H and O–H groups in total. The Balaban J connectivity index is 2.67. The van der Waals surface area contributed by atoms with Gasteiger partial charge in [0.05, 0.1) is 4.83 Å². The number of rotatable bonds is 2. The van der Waals surface area contributed by atoms with Crippen molar-refractivity contribution in [3.8, 4) is 0 Å². The Morgan fingerprint density at radius 2 is 2.20 bits per heavy atom. The Bertz CT molecular complexity index is 513. The molecule has 1 aromatic heterocycles. The average molecular weight is 266 g/mol. The van der Waals surface area contributed by atoms with E-state index in [0.29, 0.717) is 0 Å². The average Bonchev–Trinajstić information content (AvgIpc) is 2.61. The molecular formula is C12H12BrNO. The van der Waals surface area contributed by atoms with Crippen LogP contribution in [-0.2, 0) is 0 Å². The van der Waals surface area contributed by atoms with Gasteiger partial charge in [-0.3, -0.25) is 4.79 Å². The van der Waals surface area contributed by atoms with Crippen molar-refractivity contribution in [1.82, 2.24) is 4.98 Å². The number of ketones is 1. The first-order valence-electron chi connectivity index (χ1n) is 4.86. The zero-order valence-electron chi connectivity index (χ0n) is 8.67. The largest absolute Gasteiger partial charge is 0.360 e. The normalized spacial score (nSPS) is 13.0. The van der Waals surface area contributed by atoms with Crippen molar-refractivity contribution in [3.63, 3.8) is 0 Å². The first kappa shape index (κ1) is 10.4. The SMILES string of the molecule is Cc1cccc2[nH]cc(C(=O)C(C)Br)c12. The van der Waals surface area contributed by atoms with Gasteiger partial charge in [0.1, 0.15) is 0 Å². The van der Waals surface area contributed by atoms with Crippen LogP contribution in [0.1, 0.15) is 22.8 Å². The van der Waals surface area contributed by atoms with Crippen molar-refractivity contribution in [2.24, 2.45) is 0 Å². The number of aryl methyl sites for hydroxylation is 1. The number of aromatic amines is 1. The predicted octanol–water partition coefficient (Wildman–Crippen LogP) is 3.44. The van der Waals surface area contributed by atoms with Crippen LogP contribution in [0.4, 0.5) is 0 Å². The van der Waals surface area contributed by atoms with Gasteiger partial charge < -0.3 is 4.98 Å². The van der Waals surface area contributed by atoms with Crippen molar-refractivity contribution in [2.75, 3.05) is 0 Å². The molecule has 3 heteroatoms. The molecule has 0 aliphatic carbocycles. The van der Waals surface area contributed by atoms with Crippen LogP contribution in [0.15, 0.2) is 24.4 Å². The summed E-state index contributed by atoms with van der Waals surface area (Å²) in [5.74, 6) is 0.121. The fraction of sp³-hybridized carbons (Fsp3) is 0.250. The molecule has 2 aromatic rings. The zero-order chi connectivity index (χ0) is 11.0. The first-order valence-corrected chi connectivity index (χ1v) is 5.78. The van der Waals surface area contributed by atoms with Gasteiger partial charge in [-0.2, -0.15) is 0 Å². The highest BCUT2D eigenvalue weighted by molar-refractivity contribution is 9.10. The van der Waals surface area contributed by atoms with Gasteiger partial charge in [-0.1, -0.05) is 28.1 Å². The van der Waals surface area contributed by atoms with E-state index >= 15 is 0 Å². The monoisotopic (exact) mass is 265 g/mol. The summed E-state index contributed by atoms with van der Waals surface area (Å²) in [5.41, 5.74) is 2.92. The maximum absolute atomic E-state index is 11.9. The van der Waals surface area contributed by atoms with Gasteiger partial charge in [-0.15, -0.1) is 0 Å². The van der Waals surface area contributed by atoms with E-state index < -0.39 is 0 Å². The molecule has 0 spiro atoms. The number of hydrogen-bond donors (Lipinski definition) is 1. The van der Waals surface area contributed by atoms with Crippen LogP contribution in [0.3, 0.4) is 0 Å². The van der Waals surface area contributed by atoms with E-state index in [4.69, 9.17) is 0 Å². The number of nitrogens with one attached hydrogen (secondary N) is 1. The number of carbonyl (C=O) groups excluding carboxylic acids is 1. The number of aromatic nitrogens is 1. The zero-order valence-corrected chi connectivity index (χ0v) is 10.3. The highest BCUT2D eigenvalue weighted by Crippen LogP contribution is 2.24. The summed E-state index contributed by atoms with van der Waals surface area (Å²) in [6.07, 6.45) is 1.79. The number of halogens is 1. The molecule has 1 unspecified atom stereocenters. The van der Waals surface area contributed by atoms with Crippen LogP contribution in [0.2, 0.25) is 0 Å². The van der Waals surface area contributed by atoms with Gasteiger partial charge in [-0.05, 0) is 25.5 Å². The summed E-state index contributed by atoms with van der Waals surface area (Å²) in [5, 5.41) is 1.04. The number of hydrogen-bond acceptors (Lipinski definition) is 1. The fourth-order valence-corrected chi connectivity index (χ4v) is 2.02. The summed E-state index contributed by atoms with van der Waals surface area (Å²) >= 11 is 3.31. The van der Waals surface area contributed by atoms with Crippen molar-refractivity contribution >= 4 is 32.6 Å². The standard InChI is InChI=1S/C12H12BrNO/c1-7-4-3-5-10-11(7)9(6-14-10)12(15)8(2)13/h3-6,8,14H,1-2H3. The fourth-order valence-electron chi connectivity index (χ4n) is 1.78. The van der Waals surface area contributed by atoms with E-state index in [-0.39, 0.29) is 10.6 Å². The highest BCUT2D eigenvalue weighted by atomic mass is 79.9. The minimum absolute atomic E-state index is 0.121. The molecule has 1 heterocycles. The molecule has 0 saturated heterocycles. The molecule has 0 radical (unpaired) electrons. The van der Waals surface area contributed by atoms with E-state index in [1.807, 2.05) is 32.0 Å². The third kappa shape index (κ3) is 1.72. The predicted molar refractivity (Wildman–Crippen MR) is 65.8 cm³/mol. The Morgan fingerprint density at radius 1 is 1.47 bits per heavy atom. The summed E-state index contributed by atoms with van der Waals surface area (Å²) in [4.78, 5) is 14.9. The second kappa shape index (κ2) is 3.81. The van der Waals surface area contributed by atoms with E-state index in [0.717, 1.165) is 22.0 Å². The van der Waals surface area contributed by atoms with Crippen LogP contribution in [0.5, 0.6) is 0 Å². The van der Waals surface area contributed by atoms with Crippen molar-refractivity contribution in [3.05, 3.63) is 35.5 Å². The Morgan fingerprint density at radius 3 is 2.87 bits per heavy atom. The number of H-pyrrole nitrogens is 1. The first-order chi connectivity index (χ1) is 7.11. The molecule has 0 aliphatic heterocycles. The molecule has 0 saturated carbocycles. The lowest BCUT2D eigenvalue weighted by molar-refractivity contribution is 0.0997. The summed E-state index contributed by atoms with van der Waals surface area (Å²) in [6.45, 7) is 3.87. The maximum atomic E-state index is 11.9. The lowest BCUT2D eigenvalue weighted by atomic mass is 10.0. The van der Waals surface area contributed by atoms with E-state index in [1.165, 1.54) is 0 Å². The molecular weight excluding hydrogens is 254 g/mol. The van der Waals surface area contributed by atoms with E-state index in [2.05, 4.69) is 20.9 Å². The quantitative estimate of drug-likeness (QED) is 0.655. The number of Topliss-reactive ketones (excluding diaryl/α,β-unsaturated/α-hetero) is 1. The third-order valence-corrected chi connectivity index (χ3v) is 2.96. The Hall–Kier alpha value is -1.09. The molecule has 1 atom stereocenters. The van der Waals surface area contributed by atoms with Gasteiger partial charge in [0, 0.05) is 22.7 Å². The molecule has 1 aromatic carbocycles. The molecule has 78 valence electrons. The summed E-state index contributed by atoms with van der Waals surface area (Å²) in [6, 6.07) is 5.99. The van der Waals surface area contributed by atoms with Crippen molar-refractivity contribution < 1.29 is 4.79 Å². The van der Waals surface area contributed by atoms with Crippen LogP contribution < -0.4 is 0 Å². The van der Waals surface area contributed by atoms with Crippen LogP contribution >= 0.6 is 15.9 Å². The minimum atomic E-state index is -0.142. The number of alkyl halides is 1. The number of fused-ring (bicyclic) bond motifs is 1. The summed E-state index contributed by atoms with van der Waals surface area (Å²) < 4.78 is 0. The van der Waals surface area contributed by atoms with Gasteiger partial charge in [0.15, 0.2) is 5.78 Å². The third-order valence-electron chi connectivity index (χ3n) is 2.54. The van der Waals surface area contributed by atoms with Crippen LogP contribution in [0.25, 0.3) is 10.9 Å². The molecule has 0 aliphatic rings. The van der Waals surface area contributed by atoms with Gasteiger partial charge >= 0.3 is 0 Å². The Labute approximate surface area is 96.8 Å². The topological polar surface area (TPSA) is 32.9 Å². The molecule has 0 fully saturated rings. The van der Waals surface area contributed by atoms with E-state index in [9.17, 15) is 4.79 Å². The van der Waals surface area contributed by atoms with Gasteiger partial charge in [0.25, 0.3) is 0 Å². The number of carbonyl (C=O) groups is 1. The minimum Gasteiger partial charge on any atom is -0.360 e. The van der Waals surface area contributed by atoms with Crippen LogP contribution in [-0.4, -0.2) is 15.6 Å². The van der Waals surface area contributed by atoms with Gasteiger partial charge in [0.2, 0.25) is 0 Å². The Kier molecular flexibility index (Phi) is 2.65. The maximum Gasteiger partial charge on any atom is 0.178 e. The molecule has 2 rings (SSSR count). The lowest BCUT2D eigenvalue weighted by Gasteiger charge is -2.02. The van der Waals surface area contributed by atoms with Gasteiger partial charge in [-0.25, -0.2) is 0 Å². The molecule has 0 bridgehead atoms. The number of benzene rings is 1. The smallest absolute Gasteiger partial charge is 0.178 e. The second-order valence-electron chi connectivity index (χ2n) is 3.68. The molecule has 2 nitrogen and oxygen atoms in total. The van der Waals surface area contributed by atoms with Crippen LogP contribution in [0, 0.1) is 6.92 Å². The second-order valence-corrected chi connectivity index (χ2v) is 5.05. The highest BCUT2D eigenvalue weighted by Gasteiger charge is 2.17. The molecule has 15 heavy (non-hydrogen) atoms. The lowest BCUT2D eigenvalue weighted by Crippen LogP contribution is -2.09. The van der Waals surface area contributed by atoms with E-state index in [1.54, 1.807) is 6.20 Å². The summed E-state index contributed by atoms with van der Waals surface area (Å²) in [7, 11) is 0. The van der Waals surface area contributed by atoms with Crippen molar-refractivity contribution in [1.29, 1.82) is 0 Å². The van der Waals surface area contributed by atoms with Crippen molar-refractivity contribution in [2.45, 2.75) is 18.7 Å².